The van der Waals surface area contributed by atoms with Crippen molar-refractivity contribution < 1.29 is 19.6 Å². The van der Waals surface area contributed by atoms with E-state index in [2.05, 4.69) is 0 Å². The van der Waals surface area contributed by atoms with Crippen LogP contribution >= 0.6 is 0 Å². The molecule has 8 nitrogen and oxygen atoms in total. The van der Waals surface area contributed by atoms with Crippen molar-refractivity contribution in [2.24, 2.45) is 0 Å². The highest BCUT2D eigenvalue weighted by Gasteiger charge is 2.25. The number of nitrogens with zero attached hydrogens (tertiary/aromatic N) is 3. The van der Waals surface area contributed by atoms with Gasteiger partial charge in [0.2, 0.25) is 0 Å². The van der Waals surface area contributed by atoms with Crippen LogP contribution in [0.3, 0.4) is 0 Å². The highest BCUT2D eigenvalue weighted by atomic mass is 16.6. The average Bonchev–Trinajstić information content (AvgIpc) is 2.55. The summed E-state index contributed by atoms with van der Waals surface area (Å²) < 4.78 is 5.51. The van der Waals surface area contributed by atoms with E-state index in [1.807, 2.05) is 26.8 Å². The summed E-state index contributed by atoms with van der Waals surface area (Å²) in [5, 5.41) is 29.2. The minimum absolute atomic E-state index is 0.0697. The van der Waals surface area contributed by atoms with Crippen molar-refractivity contribution in [3.63, 3.8) is 0 Å². The second kappa shape index (κ2) is 9.61. The maximum absolute atomic E-state index is 11.2. The van der Waals surface area contributed by atoms with Crippen molar-refractivity contribution in [2.45, 2.75) is 52.0 Å². The maximum atomic E-state index is 11.2. The van der Waals surface area contributed by atoms with E-state index < -0.39 is 16.6 Å². The molecule has 0 aromatic heterocycles. The van der Waals surface area contributed by atoms with Crippen LogP contribution in [0, 0.1) is 21.4 Å². The molecule has 0 fully saturated rings. The van der Waals surface area contributed by atoms with E-state index in [9.17, 15) is 20.0 Å². The molecule has 0 heterocycles. The summed E-state index contributed by atoms with van der Waals surface area (Å²) in [4.78, 5) is 23.0. The molecule has 0 aliphatic heterocycles. The van der Waals surface area contributed by atoms with Crippen molar-refractivity contribution >= 4 is 11.8 Å². The number of ether oxygens (including phenoxy) is 1. The second-order valence-corrected chi connectivity index (χ2v) is 6.89. The number of nitro benzene ring substituents is 1. The van der Waals surface area contributed by atoms with Gasteiger partial charge in [0.05, 0.1) is 11.5 Å². The normalized spacial score (nSPS) is 10.8. The summed E-state index contributed by atoms with van der Waals surface area (Å²) in [6.07, 6.45) is 2.24. The molecular weight excluding hydrogens is 338 g/mol. The molecule has 0 bridgehead atoms. The first-order valence-electron chi connectivity index (χ1n) is 8.49. The molecule has 0 spiro atoms. The van der Waals surface area contributed by atoms with Crippen LogP contribution in [0.2, 0.25) is 0 Å². The lowest BCUT2D eigenvalue weighted by Crippen LogP contribution is -2.45. The zero-order chi connectivity index (χ0) is 19.7. The number of rotatable bonds is 9. The summed E-state index contributed by atoms with van der Waals surface area (Å²) in [6, 6.07) is 6.12. The van der Waals surface area contributed by atoms with Crippen LogP contribution in [-0.4, -0.2) is 39.7 Å². The van der Waals surface area contributed by atoms with E-state index in [1.165, 1.54) is 17.0 Å². The van der Waals surface area contributed by atoms with Gasteiger partial charge in [0.15, 0.2) is 5.56 Å². The van der Waals surface area contributed by atoms with Crippen LogP contribution in [0.15, 0.2) is 18.2 Å². The Morgan fingerprint density at radius 2 is 1.96 bits per heavy atom. The van der Waals surface area contributed by atoms with Crippen LogP contribution in [0.1, 0.15) is 52.0 Å². The van der Waals surface area contributed by atoms with E-state index in [0.29, 0.717) is 13.2 Å². The molecule has 0 saturated carbocycles. The van der Waals surface area contributed by atoms with Gasteiger partial charge in [0.25, 0.3) is 5.69 Å². The Kier molecular flexibility index (Phi) is 7.84. The maximum Gasteiger partial charge on any atom is 0.407 e. The summed E-state index contributed by atoms with van der Waals surface area (Å²) in [5.74, 6) is 0.214. The zero-order valence-electron chi connectivity index (χ0n) is 15.4. The SMILES string of the molecule is CC(C)(C)N(CCCCCCOc1cccc([N+](=O)[O-])c1C#N)C(=O)O. The Morgan fingerprint density at radius 1 is 1.31 bits per heavy atom. The third kappa shape index (κ3) is 6.24. The van der Waals surface area contributed by atoms with Crippen LogP contribution in [0.5, 0.6) is 5.75 Å². The van der Waals surface area contributed by atoms with Crippen LogP contribution < -0.4 is 4.74 Å². The Labute approximate surface area is 153 Å². The van der Waals surface area contributed by atoms with Crippen molar-refractivity contribution in [3.05, 3.63) is 33.9 Å². The van der Waals surface area contributed by atoms with Gasteiger partial charge in [-0.2, -0.15) is 5.26 Å². The first kappa shape index (κ1) is 21.2. The topological polar surface area (TPSA) is 117 Å². The molecule has 0 unspecified atom stereocenters. The Hall–Kier alpha value is -2.82. The number of carboxylic acid groups (broad SMARTS) is 1. The fraction of sp³-hybridized carbons (Fsp3) is 0.556. The van der Waals surface area contributed by atoms with Gasteiger partial charge in [-0.25, -0.2) is 4.79 Å². The monoisotopic (exact) mass is 363 g/mol. The second-order valence-electron chi connectivity index (χ2n) is 6.89. The lowest BCUT2D eigenvalue weighted by Gasteiger charge is -2.33. The molecule has 1 aromatic rings. The molecule has 142 valence electrons. The molecule has 26 heavy (non-hydrogen) atoms. The molecule has 1 amide bonds. The van der Waals surface area contributed by atoms with Gasteiger partial charge in [-0.15, -0.1) is 0 Å². The van der Waals surface area contributed by atoms with Gasteiger partial charge in [0.1, 0.15) is 11.8 Å². The summed E-state index contributed by atoms with van der Waals surface area (Å²) in [6.45, 7) is 6.41. The molecule has 1 N–H and O–H groups in total. The Morgan fingerprint density at radius 3 is 2.50 bits per heavy atom. The summed E-state index contributed by atoms with van der Waals surface area (Å²) >= 11 is 0. The average molecular weight is 363 g/mol. The number of hydrogen-bond acceptors (Lipinski definition) is 5. The minimum atomic E-state index is -0.921. The molecular formula is C18H25N3O5. The molecule has 0 aliphatic carbocycles. The van der Waals surface area contributed by atoms with Gasteiger partial charge in [0, 0.05) is 18.2 Å². The smallest absolute Gasteiger partial charge is 0.407 e. The predicted octanol–water partition coefficient (Wildman–Crippen LogP) is 4.18. The standard InChI is InChI=1S/C18H25N3O5/c1-18(2,3)20(17(22)23)11-6-4-5-7-12-26-16-10-8-9-15(21(24)25)14(16)13-19/h8-10H,4-7,11-12H2,1-3H3,(H,22,23). The van der Waals surface area contributed by atoms with Gasteiger partial charge in [-0.1, -0.05) is 18.9 Å². The Balaban J connectivity index is 2.38. The van der Waals surface area contributed by atoms with Crippen molar-refractivity contribution in [2.75, 3.05) is 13.2 Å². The van der Waals surface area contributed by atoms with E-state index >= 15 is 0 Å². The molecule has 0 radical (unpaired) electrons. The largest absolute Gasteiger partial charge is 0.492 e. The van der Waals surface area contributed by atoms with E-state index in [-0.39, 0.29) is 17.0 Å². The number of benzene rings is 1. The highest BCUT2D eigenvalue weighted by Crippen LogP contribution is 2.27. The number of nitriles is 1. The Bertz CT molecular complexity index is 676. The van der Waals surface area contributed by atoms with E-state index in [1.54, 1.807) is 6.07 Å². The minimum Gasteiger partial charge on any atom is -0.492 e. The fourth-order valence-corrected chi connectivity index (χ4v) is 2.53. The number of hydrogen-bond donors (Lipinski definition) is 1. The molecule has 0 aliphatic rings. The lowest BCUT2D eigenvalue weighted by molar-refractivity contribution is -0.385. The lowest BCUT2D eigenvalue weighted by atomic mass is 10.1. The van der Waals surface area contributed by atoms with Crippen molar-refractivity contribution in [1.82, 2.24) is 4.90 Å². The fourth-order valence-electron chi connectivity index (χ4n) is 2.53. The molecule has 0 saturated heterocycles. The van der Waals surface area contributed by atoms with Crippen LogP contribution in [0.4, 0.5) is 10.5 Å². The molecule has 0 atom stereocenters. The summed E-state index contributed by atoms with van der Waals surface area (Å²) in [5.41, 5.74) is -0.759. The molecule has 1 aromatic carbocycles. The molecule has 8 heteroatoms. The number of amides is 1. The van der Waals surface area contributed by atoms with E-state index in [0.717, 1.165) is 25.7 Å². The van der Waals surface area contributed by atoms with E-state index in [4.69, 9.17) is 10.00 Å². The van der Waals surface area contributed by atoms with Crippen molar-refractivity contribution in [1.29, 1.82) is 5.26 Å². The van der Waals surface area contributed by atoms with Gasteiger partial charge >= 0.3 is 6.09 Å². The van der Waals surface area contributed by atoms with Crippen LogP contribution in [0.25, 0.3) is 0 Å². The first-order chi connectivity index (χ1) is 12.2. The van der Waals surface area contributed by atoms with Gasteiger partial charge < -0.3 is 14.7 Å². The van der Waals surface area contributed by atoms with Crippen LogP contribution in [-0.2, 0) is 0 Å². The summed E-state index contributed by atoms with van der Waals surface area (Å²) in [7, 11) is 0. The number of carbonyl (C=O) groups is 1. The predicted molar refractivity (Wildman–Crippen MR) is 96.3 cm³/mol. The van der Waals surface area contributed by atoms with Crippen molar-refractivity contribution in [3.8, 4) is 11.8 Å². The quantitative estimate of drug-likeness (QED) is 0.399. The first-order valence-corrected chi connectivity index (χ1v) is 8.49. The zero-order valence-corrected chi connectivity index (χ0v) is 15.4. The van der Waals surface area contributed by atoms with Gasteiger partial charge in [-0.05, 0) is 39.7 Å². The van der Waals surface area contributed by atoms with Gasteiger partial charge in [-0.3, -0.25) is 10.1 Å². The highest BCUT2D eigenvalue weighted by molar-refractivity contribution is 5.65. The molecule has 1 rings (SSSR count). The third-order valence-corrected chi connectivity index (χ3v) is 3.89. The number of nitro groups is 1. The number of unbranched alkanes of at least 4 members (excludes halogenated alkanes) is 3. The third-order valence-electron chi connectivity index (χ3n) is 3.89.